The molecule has 1 saturated heterocycles. The van der Waals surface area contributed by atoms with Crippen LogP contribution in [-0.4, -0.2) is 50.3 Å². The molecule has 0 radical (unpaired) electrons. The molecule has 168 valence electrons. The summed E-state index contributed by atoms with van der Waals surface area (Å²) in [5.74, 6) is 0. The molecule has 2 heterocycles. The molecule has 0 saturated carbocycles. The van der Waals surface area contributed by atoms with Crippen LogP contribution in [0.2, 0.25) is 0 Å². The van der Waals surface area contributed by atoms with E-state index in [0.29, 0.717) is 6.07 Å². The van der Waals surface area contributed by atoms with Gasteiger partial charge in [-0.25, -0.2) is 8.42 Å². The number of hydrogen-bond donors (Lipinski definition) is 0. The number of rotatable bonds is 5. The predicted octanol–water partition coefficient (Wildman–Crippen LogP) is 3.94. The fourth-order valence-corrected chi connectivity index (χ4v) is 5.78. The van der Waals surface area contributed by atoms with Gasteiger partial charge in [0.25, 0.3) is 0 Å². The molecule has 0 bridgehead atoms. The van der Waals surface area contributed by atoms with E-state index in [2.05, 4.69) is 16.7 Å². The Hall–Kier alpha value is -2.10. The van der Waals surface area contributed by atoms with Crippen molar-refractivity contribution in [3.8, 4) is 0 Å². The van der Waals surface area contributed by atoms with Crippen LogP contribution >= 0.6 is 0 Å². The number of hydrogen-bond acceptors (Lipinski definition) is 4. The molecule has 5 nitrogen and oxygen atoms in total. The number of nitrogens with zero attached hydrogens (tertiary/aromatic N) is 3. The van der Waals surface area contributed by atoms with E-state index in [9.17, 15) is 21.6 Å². The van der Waals surface area contributed by atoms with E-state index in [0.717, 1.165) is 68.1 Å². The molecule has 1 fully saturated rings. The van der Waals surface area contributed by atoms with E-state index in [-0.39, 0.29) is 18.0 Å². The first-order valence-corrected chi connectivity index (χ1v) is 11.9. The van der Waals surface area contributed by atoms with Crippen molar-refractivity contribution in [1.29, 1.82) is 0 Å². The molecule has 9 heteroatoms. The van der Waals surface area contributed by atoms with Gasteiger partial charge in [0, 0.05) is 45.0 Å². The van der Waals surface area contributed by atoms with E-state index in [1.54, 1.807) is 0 Å². The minimum absolute atomic E-state index is 0.164. The molecule has 2 aromatic rings. The van der Waals surface area contributed by atoms with Crippen molar-refractivity contribution >= 4 is 15.7 Å². The second kappa shape index (κ2) is 8.44. The van der Waals surface area contributed by atoms with E-state index in [1.807, 2.05) is 18.2 Å². The number of halogens is 3. The normalized spacial score (nSPS) is 18.4. The SMILES string of the molecule is CCCN1CCN(c2cccc3c2CN(S(=O)(=O)c2cccc(C(F)(F)F)c2)C3)CC1. The fourth-order valence-electron chi connectivity index (χ4n) is 4.35. The minimum atomic E-state index is -4.59. The Kier molecular flexibility index (Phi) is 6.02. The molecule has 0 atom stereocenters. The van der Waals surface area contributed by atoms with Gasteiger partial charge in [0.1, 0.15) is 0 Å². The number of sulfonamides is 1. The second-order valence-electron chi connectivity index (χ2n) is 8.04. The average Bonchev–Trinajstić information content (AvgIpc) is 3.19. The third kappa shape index (κ3) is 4.44. The molecule has 0 spiro atoms. The Labute approximate surface area is 181 Å². The third-order valence-corrected chi connectivity index (χ3v) is 7.77. The smallest absolute Gasteiger partial charge is 0.369 e. The highest BCUT2D eigenvalue weighted by Gasteiger charge is 2.36. The van der Waals surface area contributed by atoms with Crippen molar-refractivity contribution in [1.82, 2.24) is 9.21 Å². The first-order chi connectivity index (χ1) is 14.7. The van der Waals surface area contributed by atoms with Crippen LogP contribution < -0.4 is 4.90 Å². The molecule has 2 aliphatic heterocycles. The Morgan fingerprint density at radius 2 is 1.68 bits per heavy atom. The van der Waals surface area contributed by atoms with Crippen molar-refractivity contribution in [2.75, 3.05) is 37.6 Å². The lowest BCUT2D eigenvalue weighted by Gasteiger charge is -2.37. The first-order valence-electron chi connectivity index (χ1n) is 10.5. The summed E-state index contributed by atoms with van der Waals surface area (Å²) in [6.07, 6.45) is -3.48. The zero-order valence-corrected chi connectivity index (χ0v) is 18.2. The Morgan fingerprint density at radius 1 is 0.968 bits per heavy atom. The molecule has 31 heavy (non-hydrogen) atoms. The summed E-state index contributed by atoms with van der Waals surface area (Å²) in [6, 6.07) is 9.79. The maximum Gasteiger partial charge on any atom is 0.416 e. The molecule has 0 aliphatic carbocycles. The van der Waals surface area contributed by atoms with E-state index in [4.69, 9.17) is 0 Å². The van der Waals surface area contributed by atoms with Gasteiger partial charge in [-0.2, -0.15) is 17.5 Å². The van der Waals surface area contributed by atoms with E-state index in [1.165, 1.54) is 10.4 Å². The summed E-state index contributed by atoms with van der Waals surface area (Å²) in [6.45, 7) is 7.23. The Morgan fingerprint density at radius 3 is 2.35 bits per heavy atom. The van der Waals surface area contributed by atoms with Gasteiger partial charge in [-0.3, -0.25) is 4.90 Å². The zero-order chi connectivity index (χ0) is 22.2. The van der Waals surface area contributed by atoms with Crippen molar-refractivity contribution in [2.24, 2.45) is 0 Å². The zero-order valence-electron chi connectivity index (χ0n) is 17.4. The van der Waals surface area contributed by atoms with Crippen LogP contribution in [-0.2, 0) is 29.3 Å². The van der Waals surface area contributed by atoms with Crippen LogP contribution in [0.3, 0.4) is 0 Å². The van der Waals surface area contributed by atoms with Crippen LogP contribution in [0.5, 0.6) is 0 Å². The summed E-state index contributed by atoms with van der Waals surface area (Å²) < 4.78 is 66.7. The molecule has 4 rings (SSSR count). The van der Waals surface area contributed by atoms with Gasteiger partial charge in [-0.15, -0.1) is 0 Å². The highest BCUT2D eigenvalue weighted by Crippen LogP contribution is 2.36. The number of piperazine rings is 1. The number of benzene rings is 2. The molecule has 0 N–H and O–H groups in total. The summed E-state index contributed by atoms with van der Waals surface area (Å²) >= 11 is 0. The molecule has 2 aromatic carbocycles. The second-order valence-corrected chi connectivity index (χ2v) is 9.98. The Bertz CT molecular complexity index is 1050. The van der Waals surface area contributed by atoms with Crippen molar-refractivity contribution in [3.63, 3.8) is 0 Å². The van der Waals surface area contributed by atoms with Crippen molar-refractivity contribution in [3.05, 3.63) is 59.2 Å². The van der Waals surface area contributed by atoms with Crippen LogP contribution in [0.15, 0.2) is 47.4 Å². The minimum Gasteiger partial charge on any atom is -0.369 e. The van der Waals surface area contributed by atoms with Crippen molar-refractivity contribution < 1.29 is 21.6 Å². The molecular weight excluding hydrogens is 427 g/mol. The lowest BCUT2D eigenvalue weighted by atomic mass is 10.1. The van der Waals surface area contributed by atoms with Crippen molar-refractivity contribution in [2.45, 2.75) is 37.5 Å². The molecule has 0 amide bonds. The topological polar surface area (TPSA) is 43.9 Å². The predicted molar refractivity (Wildman–Crippen MR) is 113 cm³/mol. The van der Waals surface area contributed by atoms with Gasteiger partial charge in [-0.1, -0.05) is 25.1 Å². The summed E-state index contributed by atoms with van der Waals surface area (Å²) in [7, 11) is -4.05. The number of anilines is 1. The van der Waals surface area contributed by atoms with E-state index >= 15 is 0 Å². The van der Waals surface area contributed by atoms with Gasteiger partial charge in [0.2, 0.25) is 10.0 Å². The number of alkyl halides is 3. The van der Waals surface area contributed by atoms with Crippen LogP contribution in [0.1, 0.15) is 30.0 Å². The van der Waals surface area contributed by atoms with Gasteiger partial charge < -0.3 is 4.90 Å². The average molecular weight is 454 g/mol. The van der Waals surface area contributed by atoms with Crippen LogP contribution in [0, 0.1) is 0 Å². The maximum atomic E-state index is 13.1. The number of fused-ring (bicyclic) bond motifs is 1. The van der Waals surface area contributed by atoms with Gasteiger partial charge in [0.15, 0.2) is 0 Å². The van der Waals surface area contributed by atoms with E-state index < -0.39 is 21.8 Å². The monoisotopic (exact) mass is 453 g/mol. The lowest BCUT2D eigenvalue weighted by Crippen LogP contribution is -2.46. The first kappa shape index (κ1) is 22.1. The van der Waals surface area contributed by atoms with Gasteiger partial charge >= 0.3 is 6.18 Å². The molecular formula is C22H26F3N3O2S. The summed E-state index contributed by atoms with van der Waals surface area (Å²) in [5.41, 5.74) is 1.91. The summed E-state index contributed by atoms with van der Waals surface area (Å²) in [4.78, 5) is 4.37. The highest BCUT2D eigenvalue weighted by atomic mass is 32.2. The lowest BCUT2D eigenvalue weighted by molar-refractivity contribution is -0.137. The van der Waals surface area contributed by atoms with Gasteiger partial charge in [0.05, 0.1) is 10.5 Å². The largest absolute Gasteiger partial charge is 0.416 e. The standard InChI is InChI=1S/C22H26F3N3O2S/c1-2-9-26-10-12-27(13-11-26)21-8-3-5-17-15-28(16-20(17)21)31(29,30)19-7-4-6-18(14-19)22(23,24)25/h3-8,14H,2,9-13,15-16H2,1H3. The molecule has 0 unspecified atom stereocenters. The third-order valence-electron chi connectivity index (χ3n) is 5.98. The highest BCUT2D eigenvalue weighted by molar-refractivity contribution is 7.89. The quantitative estimate of drug-likeness (QED) is 0.688. The van der Waals surface area contributed by atoms with Crippen LogP contribution in [0.25, 0.3) is 0 Å². The Balaban J connectivity index is 1.56. The molecule has 0 aromatic heterocycles. The summed E-state index contributed by atoms with van der Waals surface area (Å²) in [5, 5.41) is 0. The van der Waals surface area contributed by atoms with Crippen LogP contribution in [0.4, 0.5) is 18.9 Å². The van der Waals surface area contributed by atoms with Gasteiger partial charge in [-0.05, 0) is 48.4 Å². The molecule has 2 aliphatic rings. The fraction of sp³-hybridized carbons (Fsp3) is 0.455. The maximum absolute atomic E-state index is 13.1.